The van der Waals surface area contributed by atoms with Gasteiger partial charge in [0.15, 0.2) is 14.1 Å². The van der Waals surface area contributed by atoms with Gasteiger partial charge in [-0.25, -0.2) is 14.3 Å². The zero-order valence-electron chi connectivity index (χ0n) is 21.0. The van der Waals surface area contributed by atoms with Crippen LogP contribution in [0, 0.1) is 11.3 Å². The van der Waals surface area contributed by atoms with Gasteiger partial charge in [0.25, 0.3) is 0 Å². The Morgan fingerprint density at radius 2 is 1.97 bits per heavy atom. The molecule has 1 fully saturated rings. The first-order valence-electron chi connectivity index (χ1n) is 11.7. The van der Waals surface area contributed by atoms with Crippen molar-refractivity contribution in [3.8, 4) is 6.07 Å². The Morgan fingerprint density at radius 1 is 1.28 bits per heavy atom. The van der Waals surface area contributed by atoms with Crippen molar-refractivity contribution in [2.45, 2.75) is 62.8 Å². The highest BCUT2D eigenvalue weighted by Gasteiger charge is 2.60. The number of nitrogens with zero attached hydrogens (tertiary/aromatic N) is 4. The molecule has 4 atom stereocenters. The lowest BCUT2D eigenvalue weighted by Crippen LogP contribution is -2.55. The summed E-state index contributed by atoms with van der Waals surface area (Å²) in [5.74, 6) is -0.340. The quantitative estimate of drug-likeness (QED) is 0.378. The van der Waals surface area contributed by atoms with Crippen molar-refractivity contribution in [3.05, 3.63) is 60.0 Å². The molecule has 2 aromatic heterocycles. The number of benzene rings is 1. The Labute approximate surface area is 210 Å². The molecule has 4 rings (SSSR count). The number of anilines is 1. The van der Waals surface area contributed by atoms with Crippen molar-refractivity contribution < 1.29 is 23.8 Å². The Balaban J connectivity index is 1.72. The number of carbonyl (C=O) groups is 1. The van der Waals surface area contributed by atoms with Gasteiger partial charge < -0.3 is 24.7 Å². The SMILES string of the molecule is CC(C)(C)[Si](C)(C)O[C@H]1[C@@H](O)[C@H](c2ccc3c(N)ncnn23)O[C@]1(C#N)COC(=O)c1ccccc1. The van der Waals surface area contributed by atoms with Gasteiger partial charge in [0.05, 0.1) is 11.3 Å². The van der Waals surface area contributed by atoms with E-state index in [4.69, 9.17) is 19.6 Å². The van der Waals surface area contributed by atoms with Gasteiger partial charge in [-0.05, 0) is 42.4 Å². The molecule has 3 aromatic rings. The van der Waals surface area contributed by atoms with Crippen LogP contribution in [0.25, 0.3) is 5.52 Å². The van der Waals surface area contributed by atoms with Gasteiger partial charge in [0, 0.05) is 0 Å². The number of nitrogen functional groups attached to an aromatic ring is 1. The fourth-order valence-corrected chi connectivity index (χ4v) is 5.27. The van der Waals surface area contributed by atoms with E-state index in [0.29, 0.717) is 16.8 Å². The molecule has 10 nitrogen and oxygen atoms in total. The van der Waals surface area contributed by atoms with Crippen LogP contribution >= 0.6 is 0 Å². The van der Waals surface area contributed by atoms with Crippen LogP contribution in [0.4, 0.5) is 5.82 Å². The molecule has 0 radical (unpaired) electrons. The van der Waals surface area contributed by atoms with Crippen molar-refractivity contribution >= 4 is 25.6 Å². The van der Waals surface area contributed by atoms with Gasteiger partial charge in [-0.2, -0.15) is 10.4 Å². The maximum Gasteiger partial charge on any atom is 0.338 e. The predicted molar refractivity (Wildman–Crippen MR) is 134 cm³/mol. The summed E-state index contributed by atoms with van der Waals surface area (Å²) in [6, 6.07) is 14.1. The number of nitrogens with two attached hydrogens (primary N) is 1. The number of hydrogen-bond acceptors (Lipinski definition) is 9. The van der Waals surface area contributed by atoms with Gasteiger partial charge >= 0.3 is 5.97 Å². The molecular formula is C25H31N5O5Si. The number of hydrogen-bond donors (Lipinski definition) is 2. The van der Waals surface area contributed by atoms with E-state index in [1.54, 1.807) is 42.5 Å². The van der Waals surface area contributed by atoms with E-state index in [1.807, 2.05) is 13.1 Å². The fourth-order valence-electron chi connectivity index (χ4n) is 3.95. The molecule has 1 aliphatic rings. The van der Waals surface area contributed by atoms with E-state index in [0.717, 1.165) is 0 Å². The van der Waals surface area contributed by atoms with Crippen molar-refractivity contribution in [2.24, 2.45) is 0 Å². The summed E-state index contributed by atoms with van der Waals surface area (Å²) >= 11 is 0. The van der Waals surface area contributed by atoms with E-state index >= 15 is 0 Å². The third kappa shape index (κ3) is 4.48. The summed E-state index contributed by atoms with van der Waals surface area (Å²) in [7, 11) is -2.50. The maximum atomic E-state index is 12.7. The van der Waals surface area contributed by atoms with Crippen LogP contribution in [0.1, 0.15) is 42.9 Å². The summed E-state index contributed by atoms with van der Waals surface area (Å²) in [6.45, 7) is 9.79. The lowest BCUT2D eigenvalue weighted by Gasteiger charge is -2.41. The molecule has 3 N–H and O–H groups in total. The minimum absolute atomic E-state index is 0.212. The highest BCUT2D eigenvalue weighted by atomic mass is 28.4. The normalized spacial score (nSPS) is 24.5. The molecular weight excluding hydrogens is 478 g/mol. The lowest BCUT2D eigenvalue weighted by molar-refractivity contribution is -0.0773. The zero-order valence-corrected chi connectivity index (χ0v) is 22.0. The Hall–Kier alpha value is -3.30. The third-order valence-electron chi connectivity index (χ3n) is 7.06. The number of aliphatic hydroxyl groups excluding tert-OH is 1. The highest BCUT2D eigenvalue weighted by Crippen LogP contribution is 2.46. The number of fused-ring (bicyclic) bond motifs is 1. The van der Waals surface area contributed by atoms with Crippen LogP contribution in [-0.4, -0.2) is 58.4 Å². The van der Waals surface area contributed by atoms with Gasteiger partial charge in [-0.3, -0.25) is 0 Å². The molecule has 11 heteroatoms. The molecule has 0 saturated carbocycles. The van der Waals surface area contributed by atoms with Crippen molar-refractivity contribution in [1.29, 1.82) is 5.26 Å². The number of rotatable bonds is 6. The molecule has 0 amide bonds. The van der Waals surface area contributed by atoms with E-state index in [2.05, 4.69) is 36.9 Å². The number of ether oxygens (including phenoxy) is 2. The minimum Gasteiger partial charge on any atom is -0.458 e. The summed E-state index contributed by atoms with van der Waals surface area (Å²) in [4.78, 5) is 16.7. The van der Waals surface area contributed by atoms with Gasteiger partial charge in [-0.1, -0.05) is 39.0 Å². The predicted octanol–water partition coefficient (Wildman–Crippen LogP) is 3.25. The second-order valence-corrected chi connectivity index (χ2v) is 15.2. The van der Waals surface area contributed by atoms with Crippen molar-refractivity contribution in [2.75, 3.05) is 12.3 Å². The molecule has 0 spiro atoms. The second-order valence-electron chi connectivity index (χ2n) is 10.5. The summed E-state index contributed by atoms with van der Waals surface area (Å²) in [5.41, 5.74) is 5.57. The Bertz CT molecular complexity index is 1300. The lowest BCUT2D eigenvalue weighted by atomic mass is 9.96. The minimum atomic E-state index is -2.50. The number of carbonyl (C=O) groups excluding carboxylic acids is 1. The van der Waals surface area contributed by atoms with Crippen LogP contribution in [-0.2, 0) is 13.9 Å². The fraction of sp³-hybridized carbons (Fsp3) is 0.440. The first-order valence-corrected chi connectivity index (χ1v) is 14.6. The molecule has 36 heavy (non-hydrogen) atoms. The Kier molecular flexibility index (Phi) is 6.65. The monoisotopic (exact) mass is 509 g/mol. The smallest absolute Gasteiger partial charge is 0.338 e. The molecule has 0 bridgehead atoms. The molecule has 0 unspecified atom stereocenters. The Morgan fingerprint density at radius 3 is 2.61 bits per heavy atom. The molecule has 1 aliphatic heterocycles. The van der Waals surface area contributed by atoms with E-state index in [-0.39, 0.29) is 10.9 Å². The highest BCUT2D eigenvalue weighted by molar-refractivity contribution is 6.74. The number of aliphatic hydroxyl groups is 1. The van der Waals surface area contributed by atoms with Crippen molar-refractivity contribution in [3.63, 3.8) is 0 Å². The van der Waals surface area contributed by atoms with Crippen LogP contribution < -0.4 is 5.73 Å². The van der Waals surface area contributed by atoms with E-state index in [1.165, 1.54) is 10.8 Å². The topological polar surface area (TPSA) is 145 Å². The number of aromatic nitrogens is 3. The molecule has 1 aromatic carbocycles. The van der Waals surface area contributed by atoms with Gasteiger partial charge in [-0.15, -0.1) is 0 Å². The van der Waals surface area contributed by atoms with E-state index in [9.17, 15) is 15.2 Å². The summed E-state index contributed by atoms with van der Waals surface area (Å²) in [5, 5.41) is 25.9. The average Bonchev–Trinajstić information content (AvgIpc) is 3.38. The van der Waals surface area contributed by atoms with Gasteiger partial charge in [0.1, 0.15) is 42.8 Å². The zero-order chi connectivity index (χ0) is 26.3. The maximum absolute atomic E-state index is 12.7. The average molecular weight is 510 g/mol. The van der Waals surface area contributed by atoms with Crippen LogP contribution in [0.15, 0.2) is 48.8 Å². The van der Waals surface area contributed by atoms with E-state index < -0.39 is 44.8 Å². The standard InChI is InChI=1S/C25H31N5O5Si/c1-24(2,3)36(4,5)35-21-19(31)20(17-11-12-18-22(27)28-15-29-30(17)18)34-25(21,13-26)14-33-23(32)16-9-7-6-8-10-16/h6-12,15,19-21,31H,14H2,1-5H3,(H2,27,28,29)/t19-,20-,21-,25+/m0/s1. The van der Waals surface area contributed by atoms with Crippen LogP contribution in [0.5, 0.6) is 0 Å². The number of esters is 1. The van der Waals surface area contributed by atoms with Crippen LogP contribution in [0.3, 0.4) is 0 Å². The summed E-state index contributed by atoms with van der Waals surface area (Å²) in [6.07, 6.45) is -2.02. The first kappa shape index (κ1) is 25.8. The second kappa shape index (κ2) is 9.29. The number of nitriles is 1. The van der Waals surface area contributed by atoms with Gasteiger partial charge in [0.2, 0.25) is 5.60 Å². The summed E-state index contributed by atoms with van der Waals surface area (Å²) < 4.78 is 19.9. The molecule has 3 heterocycles. The third-order valence-corrected chi connectivity index (χ3v) is 11.5. The first-order chi connectivity index (χ1) is 16.9. The molecule has 190 valence electrons. The largest absolute Gasteiger partial charge is 0.458 e. The molecule has 1 saturated heterocycles. The molecule has 0 aliphatic carbocycles. The van der Waals surface area contributed by atoms with Crippen molar-refractivity contribution in [1.82, 2.24) is 14.6 Å². The van der Waals surface area contributed by atoms with Crippen LogP contribution in [0.2, 0.25) is 18.1 Å².